The molecule has 0 saturated heterocycles. The molecule has 0 aromatic heterocycles. The molecule has 14 heavy (non-hydrogen) atoms. The fourth-order valence-electron chi connectivity index (χ4n) is 1.50. The van der Waals surface area contributed by atoms with Crippen LogP contribution < -0.4 is 0 Å². The van der Waals surface area contributed by atoms with Crippen molar-refractivity contribution in [1.82, 2.24) is 4.90 Å². The monoisotopic (exact) mass is 260 g/mol. The smallest absolute Gasteiger partial charge is 0.0638 e. The van der Waals surface area contributed by atoms with E-state index in [-0.39, 0.29) is 0 Å². The second-order valence-corrected chi connectivity index (χ2v) is 4.61. The minimum Gasteiger partial charge on any atom is -0.302 e. The Labute approximate surface area is 96.4 Å². The third-order valence-electron chi connectivity index (χ3n) is 2.60. The lowest BCUT2D eigenvalue weighted by Crippen LogP contribution is -2.33. The van der Waals surface area contributed by atoms with E-state index in [0.717, 1.165) is 11.9 Å². The van der Waals surface area contributed by atoms with Gasteiger partial charge in [0.25, 0.3) is 0 Å². The molecule has 0 aliphatic rings. The summed E-state index contributed by atoms with van der Waals surface area (Å²) in [6, 6.07) is 2.59. The van der Waals surface area contributed by atoms with E-state index in [2.05, 4.69) is 47.8 Å². The largest absolute Gasteiger partial charge is 0.302 e. The molecule has 0 amide bonds. The van der Waals surface area contributed by atoms with E-state index in [1.807, 2.05) is 0 Å². The van der Waals surface area contributed by atoms with E-state index in [0.29, 0.717) is 18.4 Å². The second kappa shape index (κ2) is 8.26. The number of rotatable bonds is 7. The number of hydrogen-bond acceptors (Lipinski definition) is 2. The maximum Gasteiger partial charge on any atom is 0.0638 e. The first kappa shape index (κ1) is 13.9. The molecular formula is C11H21BrN2. The third-order valence-corrected chi connectivity index (χ3v) is 3.52. The molecule has 0 heterocycles. The van der Waals surface area contributed by atoms with Crippen molar-refractivity contribution in [2.45, 2.75) is 39.2 Å². The zero-order chi connectivity index (χ0) is 11.0. The molecule has 0 spiro atoms. The van der Waals surface area contributed by atoms with Gasteiger partial charge in [-0.1, -0.05) is 29.3 Å². The molecule has 0 rings (SSSR count). The molecule has 2 atom stereocenters. The van der Waals surface area contributed by atoms with Crippen LogP contribution in [0.1, 0.15) is 33.1 Å². The quantitative estimate of drug-likeness (QED) is 0.659. The van der Waals surface area contributed by atoms with E-state index in [4.69, 9.17) is 5.26 Å². The van der Waals surface area contributed by atoms with Gasteiger partial charge in [-0.15, -0.1) is 0 Å². The Hall–Kier alpha value is -0.0700. The summed E-state index contributed by atoms with van der Waals surface area (Å²) in [5.41, 5.74) is 0. The molecule has 2 unspecified atom stereocenters. The number of halogens is 1. The first-order valence-corrected chi connectivity index (χ1v) is 6.40. The third kappa shape index (κ3) is 5.62. The first-order chi connectivity index (χ1) is 6.65. The Morgan fingerprint density at radius 2 is 2.14 bits per heavy atom. The van der Waals surface area contributed by atoms with Gasteiger partial charge in [-0.2, -0.15) is 5.26 Å². The molecule has 82 valence electrons. The highest BCUT2D eigenvalue weighted by molar-refractivity contribution is 9.09. The summed E-state index contributed by atoms with van der Waals surface area (Å²) in [6.45, 7) is 5.41. The van der Waals surface area contributed by atoms with Crippen molar-refractivity contribution in [2.75, 3.05) is 18.9 Å². The average Bonchev–Trinajstić information content (AvgIpc) is 2.17. The molecule has 0 aliphatic carbocycles. The van der Waals surface area contributed by atoms with Crippen molar-refractivity contribution in [1.29, 1.82) is 5.26 Å². The summed E-state index contributed by atoms with van der Waals surface area (Å²) in [5, 5.41) is 9.65. The SMILES string of the molecule is CCCC(CBr)CN(C)C(C)CC#N. The van der Waals surface area contributed by atoms with E-state index >= 15 is 0 Å². The van der Waals surface area contributed by atoms with E-state index in [9.17, 15) is 0 Å². The lowest BCUT2D eigenvalue weighted by atomic mass is 10.0. The van der Waals surface area contributed by atoms with Crippen molar-refractivity contribution in [3.63, 3.8) is 0 Å². The van der Waals surface area contributed by atoms with Gasteiger partial charge in [0.05, 0.1) is 12.5 Å². The van der Waals surface area contributed by atoms with Crippen LogP contribution in [0.5, 0.6) is 0 Å². The standard InChI is InChI=1S/C11H21BrN2/c1-4-5-11(8-12)9-14(3)10(2)6-7-13/h10-11H,4-6,8-9H2,1-3H3. The molecule has 0 bridgehead atoms. The van der Waals surface area contributed by atoms with Crippen LogP contribution in [-0.4, -0.2) is 29.9 Å². The van der Waals surface area contributed by atoms with Crippen molar-refractivity contribution < 1.29 is 0 Å². The van der Waals surface area contributed by atoms with Gasteiger partial charge < -0.3 is 4.90 Å². The zero-order valence-electron chi connectivity index (χ0n) is 9.46. The highest BCUT2D eigenvalue weighted by Crippen LogP contribution is 2.13. The minimum atomic E-state index is 0.374. The lowest BCUT2D eigenvalue weighted by molar-refractivity contribution is 0.223. The molecule has 3 heteroatoms. The van der Waals surface area contributed by atoms with Crippen molar-refractivity contribution in [3.8, 4) is 6.07 Å². The van der Waals surface area contributed by atoms with Crippen LogP contribution in [-0.2, 0) is 0 Å². The van der Waals surface area contributed by atoms with Gasteiger partial charge in [-0.3, -0.25) is 0 Å². The molecule has 0 N–H and O–H groups in total. The summed E-state index contributed by atoms with van der Waals surface area (Å²) < 4.78 is 0. The average molecular weight is 261 g/mol. The fourth-order valence-corrected chi connectivity index (χ4v) is 2.03. The Bertz CT molecular complexity index is 177. The van der Waals surface area contributed by atoms with Crippen molar-refractivity contribution in [3.05, 3.63) is 0 Å². The van der Waals surface area contributed by atoms with Crippen LogP contribution in [0, 0.1) is 17.2 Å². The summed E-state index contributed by atoms with van der Waals surface area (Å²) >= 11 is 3.54. The summed E-state index contributed by atoms with van der Waals surface area (Å²) in [5.74, 6) is 0.714. The highest BCUT2D eigenvalue weighted by Gasteiger charge is 2.13. The highest BCUT2D eigenvalue weighted by atomic mass is 79.9. The van der Waals surface area contributed by atoms with E-state index in [1.165, 1.54) is 12.8 Å². The fraction of sp³-hybridized carbons (Fsp3) is 0.909. The van der Waals surface area contributed by atoms with Gasteiger partial charge in [0.2, 0.25) is 0 Å². The van der Waals surface area contributed by atoms with Crippen LogP contribution in [0.4, 0.5) is 0 Å². The Morgan fingerprint density at radius 1 is 1.50 bits per heavy atom. The minimum absolute atomic E-state index is 0.374. The zero-order valence-corrected chi connectivity index (χ0v) is 11.0. The van der Waals surface area contributed by atoms with Crippen LogP contribution >= 0.6 is 15.9 Å². The predicted octanol–water partition coefficient (Wildman–Crippen LogP) is 3.03. The van der Waals surface area contributed by atoms with Crippen LogP contribution in [0.2, 0.25) is 0 Å². The van der Waals surface area contributed by atoms with Crippen LogP contribution in [0.25, 0.3) is 0 Å². The summed E-state index contributed by atoms with van der Waals surface area (Å²) in [4.78, 5) is 2.28. The number of nitriles is 1. The lowest BCUT2D eigenvalue weighted by Gasteiger charge is -2.26. The van der Waals surface area contributed by atoms with Gasteiger partial charge in [-0.25, -0.2) is 0 Å². The molecule has 0 aliphatic heterocycles. The molecule has 2 nitrogen and oxygen atoms in total. The number of nitrogens with zero attached hydrogens (tertiary/aromatic N) is 2. The van der Waals surface area contributed by atoms with Gasteiger partial charge in [0, 0.05) is 17.9 Å². The van der Waals surface area contributed by atoms with Crippen molar-refractivity contribution >= 4 is 15.9 Å². The normalized spacial score (nSPS) is 15.1. The topological polar surface area (TPSA) is 27.0 Å². The Morgan fingerprint density at radius 3 is 2.57 bits per heavy atom. The van der Waals surface area contributed by atoms with Crippen molar-refractivity contribution in [2.24, 2.45) is 5.92 Å². The molecule has 0 saturated carbocycles. The summed E-state index contributed by atoms with van der Waals surface area (Å²) in [7, 11) is 2.10. The van der Waals surface area contributed by atoms with Crippen LogP contribution in [0.15, 0.2) is 0 Å². The number of hydrogen-bond donors (Lipinski definition) is 0. The van der Waals surface area contributed by atoms with Gasteiger partial charge in [-0.05, 0) is 26.3 Å². The predicted molar refractivity (Wildman–Crippen MR) is 64.5 cm³/mol. The second-order valence-electron chi connectivity index (χ2n) is 3.96. The molecule has 0 radical (unpaired) electrons. The molecule has 0 aromatic rings. The summed E-state index contributed by atoms with van der Waals surface area (Å²) in [6.07, 6.45) is 3.11. The molecular weight excluding hydrogens is 240 g/mol. The maximum absolute atomic E-state index is 8.59. The van der Waals surface area contributed by atoms with Gasteiger partial charge in [0.1, 0.15) is 0 Å². The first-order valence-electron chi connectivity index (χ1n) is 5.28. The van der Waals surface area contributed by atoms with Gasteiger partial charge >= 0.3 is 0 Å². The van der Waals surface area contributed by atoms with E-state index in [1.54, 1.807) is 0 Å². The molecule has 0 fully saturated rings. The Kier molecular flexibility index (Phi) is 8.21. The number of alkyl halides is 1. The van der Waals surface area contributed by atoms with E-state index < -0.39 is 0 Å². The van der Waals surface area contributed by atoms with Crippen LogP contribution in [0.3, 0.4) is 0 Å². The maximum atomic E-state index is 8.59. The molecule has 0 aromatic carbocycles. The van der Waals surface area contributed by atoms with Gasteiger partial charge in [0.15, 0.2) is 0 Å². The Balaban J connectivity index is 3.89.